The van der Waals surface area contributed by atoms with E-state index >= 15 is 0 Å². The second kappa shape index (κ2) is 5.69. The van der Waals surface area contributed by atoms with Gasteiger partial charge in [-0.1, -0.05) is 0 Å². The van der Waals surface area contributed by atoms with E-state index in [2.05, 4.69) is 4.98 Å². The van der Waals surface area contributed by atoms with Crippen LogP contribution in [0, 0.1) is 0 Å². The normalized spacial score (nSPS) is 14.4. The number of amides is 2. The van der Waals surface area contributed by atoms with Crippen molar-refractivity contribution < 1.29 is 19.5 Å². The minimum Gasteiger partial charge on any atom is -0.444 e. The zero-order valence-corrected chi connectivity index (χ0v) is 12.3. The van der Waals surface area contributed by atoms with Gasteiger partial charge in [-0.15, -0.1) is 0 Å². The highest BCUT2D eigenvalue weighted by Crippen LogP contribution is 2.20. The Labute approximate surface area is 122 Å². The number of aromatic nitrogens is 1. The Morgan fingerprint density at radius 1 is 1.43 bits per heavy atom. The molecule has 0 bridgehead atoms. The van der Waals surface area contributed by atoms with Crippen LogP contribution in [0.4, 0.5) is 4.79 Å². The topological polar surface area (TPSA) is 91.8 Å². The van der Waals surface area contributed by atoms with Crippen LogP contribution in [-0.2, 0) is 17.7 Å². The molecule has 2 amide bonds. The van der Waals surface area contributed by atoms with Crippen molar-refractivity contribution in [1.82, 2.24) is 15.4 Å². The number of fused-ring (bicyclic) bond motifs is 1. The number of nitrogens with one attached hydrogen (secondary N) is 1. The fraction of sp³-hybridized carbons (Fsp3) is 0.500. The van der Waals surface area contributed by atoms with Gasteiger partial charge in [0.05, 0.1) is 17.8 Å². The Bertz CT molecular complexity index is 566. The molecule has 2 rings (SSSR count). The van der Waals surface area contributed by atoms with Gasteiger partial charge in [0.1, 0.15) is 5.60 Å². The zero-order chi connectivity index (χ0) is 15.6. The van der Waals surface area contributed by atoms with Crippen LogP contribution in [0.1, 0.15) is 42.4 Å². The summed E-state index contributed by atoms with van der Waals surface area (Å²) in [6, 6.07) is 1.68. The SMILES string of the molecule is CC(C)(C)OC(=O)N1CCc2cc(C(=O)NO)cnc2C1. The van der Waals surface area contributed by atoms with Crippen molar-refractivity contribution in [2.45, 2.75) is 39.3 Å². The van der Waals surface area contributed by atoms with Crippen molar-refractivity contribution in [2.75, 3.05) is 6.54 Å². The molecule has 0 unspecified atom stereocenters. The quantitative estimate of drug-likeness (QED) is 0.604. The third kappa shape index (κ3) is 3.69. The van der Waals surface area contributed by atoms with Gasteiger partial charge in [0.25, 0.3) is 5.91 Å². The minimum atomic E-state index is -0.597. The van der Waals surface area contributed by atoms with Crippen molar-refractivity contribution in [3.8, 4) is 0 Å². The molecule has 1 aromatic heterocycles. The van der Waals surface area contributed by atoms with Gasteiger partial charge in [-0.3, -0.25) is 15.0 Å². The lowest BCUT2D eigenvalue weighted by Crippen LogP contribution is -2.40. The number of carbonyl (C=O) groups excluding carboxylic acids is 2. The molecule has 0 atom stereocenters. The number of nitrogens with zero attached hydrogens (tertiary/aromatic N) is 2. The number of rotatable bonds is 1. The highest BCUT2D eigenvalue weighted by Gasteiger charge is 2.26. The highest BCUT2D eigenvalue weighted by atomic mass is 16.6. The van der Waals surface area contributed by atoms with Crippen LogP contribution >= 0.6 is 0 Å². The van der Waals surface area contributed by atoms with E-state index in [0.717, 1.165) is 11.3 Å². The molecule has 21 heavy (non-hydrogen) atoms. The molecule has 0 aliphatic carbocycles. The smallest absolute Gasteiger partial charge is 0.410 e. The van der Waals surface area contributed by atoms with Crippen molar-refractivity contribution in [3.63, 3.8) is 0 Å². The van der Waals surface area contributed by atoms with Crippen LogP contribution < -0.4 is 5.48 Å². The maximum atomic E-state index is 12.0. The summed E-state index contributed by atoms with van der Waals surface area (Å²) in [4.78, 5) is 29.2. The van der Waals surface area contributed by atoms with Gasteiger partial charge in [-0.05, 0) is 38.8 Å². The predicted molar refractivity (Wildman–Crippen MR) is 73.8 cm³/mol. The minimum absolute atomic E-state index is 0.293. The van der Waals surface area contributed by atoms with Crippen LogP contribution in [-0.4, -0.2) is 39.2 Å². The lowest BCUT2D eigenvalue weighted by Gasteiger charge is -2.30. The number of hydrogen-bond acceptors (Lipinski definition) is 5. The summed E-state index contributed by atoms with van der Waals surface area (Å²) >= 11 is 0. The average molecular weight is 293 g/mol. The Morgan fingerprint density at radius 3 is 2.76 bits per heavy atom. The lowest BCUT2D eigenvalue weighted by atomic mass is 10.0. The first-order valence-electron chi connectivity index (χ1n) is 6.70. The van der Waals surface area contributed by atoms with Crippen molar-refractivity contribution in [3.05, 3.63) is 29.1 Å². The standard InChI is InChI=1S/C14H19N3O4/c1-14(2,3)21-13(19)17-5-4-9-6-10(12(18)16-20)7-15-11(9)8-17/h6-7,20H,4-5,8H2,1-3H3,(H,16,18). The third-order valence-electron chi connectivity index (χ3n) is 3.07. The predicted octanol–water partition coefficient (Wildman–Crippen LogP) is 1.49. The van der Waals surface area contributed by atoms with Crippen LogP contribution in [0.25, 0.3) is 0 Å². The summed E-state index contributed by atoms with van der Waals surface area (Å²) < 4.78 is 5.33. The molecule has 0 aromatic carbocycles. The number of pyridine rings is 1. The molecule has 1 aliphatic heterocycles. The average Bonchev–Trinajstić information content (AvgIpc) is 2.43. The van der Waals surface area contributed by atoms with Crippen molar-refractivity contribution in [2.24, 2.45) is 0 Å². The highest BCUT2D eigenvalue weighted by molar-refractivity contribution is 5.93. The second-order valence-corrected chi connectivity index (χ2v) is 5.92. The number of hydrogen-bond donors (Lipinski definition) is 2. The van der Waals surface area contributed by atoms with Gasteiger partial charge in [0, 0.05) is 12.7 Å². The summed E-state index contributed by atoms with van der Waals surface area (Å²) in [5.74, 6) is -0.597. The first-order chi connectivity index (χ1) is 9.80. The van der Waals surface area contributed by atoms with E-state index in [4.69, 9.17) is 9.94 Å². The zero-order valence-electron chi connectivity index (χ0n) is 12.3. The summed E-state index contributed by atoms with van der Waals surface area (Å²) in [7, 11) is 0. The van der Waals surface area contributed by atoms with Crippen LogP contribution in [0.2, 0.25) is 0 Å². The monoisotopic (exact) mass is 293 g/mol. The largest absolute Gasteiger partial charge is 0.444 e. The van der Waals surface area contributed by atoms with E-state index in [1.54, 1.807) is 16.4 Å². The van der Waals surface area contributed by atoms with E-state index in [9.17, 15) is 9.59 Å². The molecule has 0 radical (unpaired) electrons. The van der Waals surface area contributed by atoms with Crippen molar-refractivity contribution >= 4 is 12.0 Å². The maximum absolute atomic E-state index is 12.0. The van der Waals surface area contributed by atoms with Gasteiger partial charge in [0.2, 0.25) is 0 Å². The first-order valence-corrected chi connectivity index (χ1v) is 6.70. The molecule has 7 nitrogen and oxygen atoms in total. The summed E-state index contributed by atoms with van der Waals surface area (Å²) in [5.41, 5.74) is 2.97. The van der Waals surface area contributed by atoms with E-state index in [-0.39, 0.29) is 6.09 Å². The molecule has 0 fully saturated rings. The number of carbonyl (C=O) groups is 2. The number of ether oxygens (including phenoxy) is 1. The summed E-state index contributed by atoms with van der Waals surface area (Å²) in [6.07, 6.45) is 1.60. The van der Waals surface area contributed by atoms with Gasteiger partial charge in [0.15, 0.2) is 0 Å². The van der Waals surface area contributed by atoms with Gasteiger partial charge < -0.3 is 9.64 Å². The molecular weight excluding hydrogens is 274 g/mol. The maximum Gasteiger partial charge on any atom is 0.410 e. The van der Waals surface area contributed by atoms with E-state index < -0.39 is 11.5 Å². The summed E-state index contributed by atoms with van der Waals surface area (Å²) in [6.45, 7) is 6.32. The van der Waals surface area contributed by atoms with E-state index in [1.165, 1.54) is 6.20 Å². The molecule has 2 N–H and O–H groups in total. The fourth-order valence-electron chi connectivity index (χ4n) is 2.08. The summed E-state index contributed by atoms with van der Waals surface area (Å²) in [5, 5.41) is 8.62. The molecule has 1 aliphatic rings. The van der Waals surface area contributed by atoms with Gasteiger partial charge in [-0.2, -0.15) is 0 Å². The lowest BCUT2D eigenvalue weighted by molar-refractivity contribution is 0.0220. The molecule has 2 heterocycles. The molecule has 1 aromatic rings. The van der Waals surface area contributed by atoms with Gasteiger partial charge >= 0.3 is 6.09 Å². The molecule has 0 saturated carbocycles. The van der Waals surface area contributed by atoms with Crippen LogP contribution in [0.3, 0.4) is 0 Å². The molecular formula is C14H19N3O4. The molecule has 7 heteroatoms. The Balaban J connectivity index is 2.11. The van der Waals surface area contributed by atoms with E-state index in [0.29, 0.717) is 25.1 Å². The second-order valence-electron chi connectivity index (χ2n) is 5.92. The Kier molecular flexibility index (Phi) is 4.13. The van der Waals surface area contributed by atoms with Crippen LogP contribution in [0.5, 0.6) is 0 Å². The molecule has 114 valence electrons. The number of hydroxylamine groups is 1. The van der Waals surface area contributed by atoms with Crippen molar-refractivity contribution in [1.29, 1.82) is 0 Å². The Morgan fingerprint density at radius 2 is 2.14 bits per heavy atom. The first kappa shape index (κ1) is 15.2. The van der Waals surface area contributed by atoms with Crippen LogP contribution in [0.15, 0.2) is 12.3 Å². The van der Waals surface area contributed by atoms with E-state index in [1.807, 2.05) is 20.8 Å². The third-order valence-corrected chi connectivity index (χ3v) is 3.07. The van der Waals surface area contributed by atoms with Gasteiger partial charge in [-0.25, -0.2) is 10.3 Å². The molecule has 0 spiro atoms. The fourth-order valence-corrected chi connectivity index (χ4v) is 2.08. The molecule has 0 saturated heterocycles. The Hall–Kier alpha value is -2.15.